The van der Waals surface area contributed by atoms with Gasteiger partial charge in [0.15, 0.2) is 5.96 Å². The van der Waals surface area contributed by atoms with Crippen LogP contribution in [-0.2, 0) is 10.8 Å². The number of hydrogen-bond donors (Lipinski definition) is 2. The molecule has 2 N–H and O–H groups in total. The number of anilines is 1. The first-order valence-corrected chi connectivity index (χ1v) is 11.3. The van der Waals surface area contributed by atoms with Crippen LogP contribution in [0.1, 0.15) is 40.5 Å². The first-order chi connectivity index (χ1) is 11.9. The van der Waals surface area contributed by atoms with Crippen LogP contribution in [0.15, 0.2) is 22.5 Å². The molecule has 7 heteroatoms. The smallest absolute Gasteiger partial charge is 0.191 e. The summed E-state index contributed by atoms with van der Waals surface area (Å²) in [5.74, 6) is 1.46. The molecule has 1 aromatic heterocycles. The maximum atomic E-state index is 12.1. The van der Waals surface area contributed by atoms with Crippen LogP contribution in [-0.4, -0.2) is 52.9 Å². The van der Waals surface area contributed by atoms with Gasteiger partial charge in [0, 0.05) is 47.0 Å². The quantitative estimate of drug-likeness (QED) is 0.585. The molecule has 25 heavy (non-hydrogen) atoms. The van der Waals surface area contributed by atoms with Gasteiger partial charge in [0.25, 0.3) is 0 Å². The van der Waals surface area contributed by atoms with Gasteiger partial charge in [-0.1, -0.05) is 0 Å². The maximum absolute atomic E-state index is 12.1. The fourth-order valence-electron chi connectivity index (χ4n) is 2.75. The molecule has 2 rings (SSSR count). The minimum atomic E-state index is -0.855. The van der Waals surface area contributed by atoms with Gasteiger partial charge in [0.2, 0.25) is 0 Å². The van der Waals surface area contributed by atoms with E-state index in [9.17, 15) is 4.21 Å². The molecule has 0 aliphatic carbocycles. The van der Waals surface area contributed by atoms with Crippen molar-refractivity contribution in [1.29, 1.82) is 0 Å². The predicted molar refractivity (Wildman–Crippen MR) is 111 cm³/mol. The Morgan fingerprint density at radius 3 is 2.68 bits per heavy atom. The van der Waals surface area contributed by atoms with E-state index in [-0.39, 0.29) is 4.75 Å². The maximum Gasteiger partial charge on any atom is 0.191 e. The summed E-state index contributed by atoms with van der Waals surface area (Å²) in [5.41, 5.74) is 0. The number of aliphatic imine (C=N–C) groups is 1. The summed E-state index contributed by atoms with van der Waals surface area (Å²) in [6.45, 7) is 11.7. The zero-order valence-corrected chi connectivity index (χ0v) is 17.5. The third-order valence-electron chi connectivity index (χ3n) is 4.23. The topological polar surface area (TPSA) is 56.7 Å². The summed E-state index contributed by atoms with van der Waals surface area (Å²) >= 11 is 1.81. The van der Waals surface area contributed by atoms with Crippen LogP contribution in [0.25, 0.3) is 0 Å². The largest absolute Gasteiger partial charge is 0.363 e. The molecule has 2 heterocycles. The lowest BCUT2D eigenvalue weighted by molar-refractivity contribution is 0.463. The van der Waals surface area contributed by atoms with Crippen molar-refractivity contribution in [3.63, 3.8) is 0 Å². The molecule has 1 fully saturated rings. The Bertz CT molecular complexity index is 558. The van der Waals surface area contributed by atoms with Gasteiger partial charge in [-0.3, -0.25) is 9.20 Å². The second-order valence-corrected chi connectivity index (χ2v) is 10.5. The molecule has 1 atom stereocenters. The minimum Gasteiger partial charge on any atom is -0.363 e. The molecule has 0 aromatic carbocycles. The van der Waals surface area contributed by atoms with E-state index in [4.69, 9.17) is 0 Å². The van der Waals surface area contributed by atoms with Crippen molar-refractivity contribution < 1.29 is 4.21 Å². The summed E-state index contributed by atoms with van der Waals surface area (Å²) in [6.07, 6.45) is 2.21. The van der Waals surface area contributed by atoms with E-state index in [2.05, 4.69) is 45.0 Å². The van der Waals surface area contributed by atoms with Gasteiger partial charge in [0.05, 0.1) is 11.5 Å². The highest BCUT2D eigenvalue weighted by atomic mass is 32.2. The van der Waals surface area contributed by atoms with Crippen molar-refractivity contribution in [3.05, 3.63) is 17.5 Å². The lowest BCUT2D eigenvalue weighted by Crippen LogP contribution is -2.48. The summed E-state index contributed by atoms with van der Waals surface area (Å²) in [5, 5.41) is 10.4. The SMILES string of the molecule is CCNC(=NCCS(=O)C(C)(C)C)NC1CCN(c2cccs2)CC1. The number of nitrogens with one attached hydrogen (secondary N) is 2. The number of piperidine rings is 1. The molecule has 1 aliphatic rings. The van der Waals surface area contributed by atoms with Crippen molar-refractivity contribution in [3.8, 4) is 0 Å². The molecule has 142 valence electrons. The van der Waals surface area contributed by atoms with Crippen molar-refractivity contribution in [2.45, 2.75) is 51.3 Å². The zero-order chi connectivity index (χ0) is 18.3. The van der Waals surface area contributed by atoms with Crippen LogP contribution in [0.4, 0.5) is 5.00 Å². The van der Waals surface area contributed by atoms with Crippen LogP contribution in [0.3, 0.4) is 0 Å². The highest BCUT2D eigenvalue weighted by Crippen LogP contribution is 2.24. The standard InChI is InChI=1S/C18H32N4OS2/c1-5-19-17(20-10-14-25(23)18(2,3)4)21-15-8-11-22(12-9-15)16-7-6-13-24-16/h6-7,13,15H,5,8-12,14H2,1-4H3,(H2,19,20,21). The third-order valence-corrected chi connectivity index (χ3v) is 7.08. The molecule has 0 bridgehead atoms. The Morgan fingerprint density at radius 1 is 1.40 bits per heavy atom. The van der Waals surface area contributed by atoms with Gasteiger partial charge in [-0.05, 0) is 58.0 Å². The van der Waals surface area contributed by atoms with E-state index in [0.29, 0.717) is 18.3 Å². The molecule has 0 radical (unpaired) electrons. The second kappa shape index (κ2) is 9.57. The number of guanidine groups is 1. The van der Waals surface area contributed by atoms with Crippen molar-refractivity contribution >= 4 is 33.1 Å². The zero-order valence-electron chi connectivity index (χ0n) is 15.9. The van der Waals surface area contributed by atoms with Crippen molar-refractivity contribution in [1.82, 2.24) is 10.6 Å². The van der Waals surface area contributed by atoms with E-state index < -0.39 is 10.8 Å². The molecule has 0 amide bonds. The van der Waals surface area contributed by atoms with Gasteiger partial charge in [-0.15, -0.1) is 11.3 Å². The van der Waals surface area contributed by atoms with Gasteiger partial charge >= 0.3 is 0 Å². The molecular formula is C18H32N4OS2. The number of nitrogens with zero attached hydrogens (tertiary/aromatic N) is 2. The van der Waals surface area contributed by atoms with Crippen molar-refractivity contribution in [2.75, 3.05) is 36.8 Å². The van der Waals surface area contributed by atoms with E-state index in [1.54, 1.807) is 0 Å². The highest BCUT2D eigenvalue weighted by molar-refractivity contribution is 7.86. The Morgan fingerprint density at radius 2 is 2.12 bits per heavy atom. The van der Waals surface area contributed by atoms with Crippen LogP contribution >= 0.6 is 11.3 Å². The lowest BCUT2D eigenvalue weighted by Gasteiger charge is -2.33. The summed E-state index contributed by atoms with van der Waals surface area (Å²) in [7, 11) is -0.855. The monoisotopic (exact) mass is 384 g/mol. The fourth-order valence-corrected chi connectivity index (χ4v) is 4.41. The van der Waals surface area contributed by atoms with Crippen LogP contribution in [0, 0.1) is 0 Å². The summed E-state index contributed by atoms with van der Waals surface area (Å²) in [4.78, 5) is 7.08. The molecular weight excluding hydrogens is 352 g/mol. The average molecular weight is 385 g/mol. The van der Waals surface area contributed by atoms with E-state index in [1.807, 2.05) is 32.1 Å². The molecule has 1 unspecified atom stereocenters. The van der Waals surface area contributed by atoms with Crippen molar-refractivity contribution in [2.24, 2.45) is 4.99 Å². The Kier molecular flexibility index (Phi) is 7.75. The minimum absolute atomic E-state index is 0.171. The summed E-state index contributed by atoms with van der Waals surface area (Å²) in [6, 6.07) is 4.75. The molecule has 0 spiro atoms. The van der Waals surface area contributed by atoms with Crippen LogP contribution in [0.2, 0.25) is 0 Å². The fraction of sp³-hybridized carbons (Fsp3) is 0.722. The lowest BCUT2D eigenvalue weighted by atomic mass is 10.1. The normalized spacial score (nSPS) is 18.2. The number of thiophene rings is 1. The van der Waals surface area contributed by atoms with Gasteiger partial charge in [0.1, 0.15) is 0 Å². The number of rotatable bonds is 6. The first kappa shape index (κ1) is 20.2. The predicted octanol–water partition coefficient (Wildman–Crippen LogP) is 2.82. The van der Waals surface area contributed by atoms with E-state index in [1.165, 1.54) is 5.00 Å². The second-order valence-electron chi connectivity index (χ2n) is 7.28. The highest BCUT2D eigenvalue weighted by Gasteiger charge is 2.21. The van der Waals surface area contributed by atoms with E-state index in [0.717, 1.165) is 38.4 Å². The average Bonchev–Trinajstić information content (AvgIpc) is 3.09. The third kappa shape index (κ3) is 6.62. The Hall–Kier alpha value is -1.08. The van der Waals surface area contributed by atoms with E-state index >= 15 is 0 Å². The molecule has 1 aromatic rings. The first-order valence-electron chi connectivity index (χ1n) is 9.12. The van der Waals surface area contributed by atoms with Crippen LogP contribution in [0.5, 0.6) is 0 Å². The van der Waals surface area contributed by atoms with Gasteiger partial charge in [-0.25, -0.2) is 0 Å². The van der Waals surface area contributed by atoms with Gasteiger partial charge in [-0.2, -0.15) is 0 Å². The molecule has 5 nitrogen and oxygen atoms in total. The Balaban J connectivity index is 1.81. The van der Waals surface area contributed by atoms with Crippen LogP contribution < -0.4 is 15.5 Å². The number of hydrogen-bond acceptors (Lipinski definition) is 4. The summed E-state index contributed by atoms with van der Waals surface area (Å²) < 4.78 is 12.0. The molecule has 1 aliphatic heterocycles. The molecule has 1 saturated heterocycles. The molecule has 0 saturated carbocycles. The van der Waals surface area contributed by atoms with Gasteiger partial charge < -0.3 is 15.5 Å². The Labute approximate surface area is 158 Å².